The van der Waals surface area contributed by atoms with Gasteiger partial charge in [0.2, 0.25) is 0 Å². The van der Waals surface area contributed by atoms with Crippen molar-refractivity contribution < 1.29 is 19.4 Å². The summed E-state index contributed by atoms with van der Waals surface area (Å²) in [7, 11) is 0. The number of aliphatic carboxylic acids is 1. The zero-order valence-electron chi connectivity index (χ0n) is 13.3. The van der Waals surface area contributed by atoms with Crippen LogP contribution in [0, 0.1) is 0 Å². The molecule has 0 aromatic heterocycles. The van der Waals surface area contributed by atoms with Gasteiger partial charge in [-0.3, -0.25) is 0 Å². The van der Waals surface area contributed by atoms with Crippen LogP contribution >= 0.6 is 0 Å². The Morgan fingerprint density at radius 2 is 1.87 bits per heavy atom. The molecule has 8 heteroatoms. The predicted octanol–water partition coefficient (Wildman–Crippen LogP) is 3.02. The van der Waals surface area contributed by atoms with Crippen LogP contribution < -0.4 is 5.32 Å². The molecular formula is C15H20N4O4. The first-order valence-electron chi connectivity index (χ1n) is 7.02. The second-order valence-electron chi connectivity index (χ2n) is 5.95. The lowest BCUT2D eigenvalue weighted by molar-refractivity contribution is -0.139. The summed E-state index contributed by atoms with van der Waals surface area (Å²) in [6.07, 6.45) is -0.652. The minimum absolute atomic E-state index is 0.121. The van der Waals surface area contributed by atoms with E-state index in [9.17, 15) is 14.7 Å². The summed E-state index contributed by atoms with van der Waals surface area (Å²) in [6, 6.07) is 5.87. The van der Waals surface area contributed by atoms with E-state index in [1.165, 1.54) is 0 Å². The lowest BCUT2D eigenvalue weighted by atomic mass is 10.0. The fourth-order valence-corrected chi connectivity index (χ4v) is 1.78. The van der Waals surface area contributed by atoms with Crippen LogP contribution in [-0.4, -0.2) is 28.8 Å². The fourth-order valence-electron chi connectivity index (χ4n) is 1.78. The van der Waals surface area contributed by atoms with Gasteiger partial charge in [0.25, 0.3) is 0 Å². The van der Waals surface area contributed by atoms with Crippen molar-refractivity contribution in [3.8, 4) is 0 Å². The maximum Gasteiger partial charge on any atom is 0.408 e. The van der Waals surface area contributed by atoms with E-state index >= 15 is 0 Å². The summed E-state index contributed by atoms with van der Waals surface area (Å²) in [5, 5.41) is 15.0. The summed E-state index contributed by atoms with van der Waals surface area (Å²) in [4.78, 5) is 25.7. The van der Waals surface area contributed by atoms with Crippen molar-refractivity contribution in [2.24, 2.45) is 5.11 Å². The van der Waals surface area contributed by atoms with Gasteiger partial charge >= 0.3 is 12.1 Å². The molecule has 124 valence electrons. The Labute approximate surface area is 134 Å². The lowest BCUT2D eigenvalue weighted by Crippen LogP contribution is -2.44. The standard InChI is InChI=1S/C15H20N4O4/c1-15(2,3)23-14(22)18-12(13(20)21)8-10-4-6-11(7-5-10)9-17-19-16/h4-7,12H,8-9H2,1-3H3,(H,18,22)(H,20,21)/t12-/m0/s1. The fraction of sp³-hybridized carbons (Fsp3) is 0.467. The highest BCUT2D eigenvalue weighted by molar-refractivity contribution is 5.80. The van der Waals surface area contributed by atoms with Gasteiger partial charge in [0, 0.05) is 11.3 Å². The van der Waals surface area contributed by atoms with E-state index in [-0.39, 0.29) is 13.0 Å². The molecule has 0 saturated heterocycles. The van der Waals surface area contributed by atoms with Crippen molar-refractivity contribution in [2.45, 2.75) is 45.4 Å². The number of rotatable bonds is 6. The number of carboxylic acids is 1. The van der Waals surface area contributed by atoms with E-state index in [2.05, 4.69) is 15.3 Å². The Morgan fingerprint density at radius 3 is 2.35 bits per heavy atom. The summed E-state index contributed by atoms with van der Waals surface area (Å²) in [5.74, 6) is -1.14. The second-order valence-corrected chi connectivity index (χ2v) is 5.95. The van der Waals surface area contributed by atoms with Crippen LogP contribution in [0.15, 0.2) is 29.4 Å². The molecule has 2 N–H and O–H groups in total. The normalized spacial score (nSPS) is 12.0. The molecule has 1 amide bonds. The Morgan fingerprint density at radius 1 is 1.30 bits per heavy atom. The highest BCUT2D eigenvalue weighted by Gasteiger charge is 2.24. The number of azide groups is 1. The first-order valence-corrected chi connectivity index (χ1v) is 7.02. The molecule has 1 rings (SSSR count). The van der Waals surface area contributed by atoms with Crippen molar-refractivity contribution in [1.82, 2.24) is 5.32 Å². The van der Waals surface area contributed by atoms with Crippen molar-refractivity contribution in [1.29, 1.82) is 0 Å². The molecule has 0 unspecified atom stereocenters. The van der Waals surface area contributed by atoms with Crippen LogP contribution in [0.5, 0.6) is 0 Å². The molecule has 0 aliphatic carbocycles. The summed E-state index contributed by atoms with van der Waals surface area (Å²) < 4.78 is 5.06. The summed E-state index contributed by atoms with van der Waals surface area (Å²) in [6.45, 7) is 5.33. The Bertz CT molecular complexity index is 601. The molecule has 0 bridgehead atoms. The number of carbonyl (C=O) groups excluding carboxylic acids is 1. The zero-order chi connectivity index (χ0) is 17.5. The van der Waals surface area contributed by atoms with Gasteiger partial charge < -0.3 is 15.2 Å². The number of nitrogens with zero attached hydrogens (tertiary/aromatic N) is 3. The minimum atomic E-state index is -1.14. The number of hydrogen-bond donors (Lipinski definition) is 2. The molecule has 0 radical (unpaired) electrons. The van der Waals surface area contributed by atoms with Crippen LogP contribution in [0.25, 0.3) is 10.4 Å². The first kappa shape index (κ1) is 18.3. The number of carbonyl (C=O) groups is 2. The molecular weight excluding hydrogens is 300 g/mol. The van der Waals surface area contributed by atoms with E-state index < -0.39 is 23.7 Å². The first-order chi connectivity index (χ1) is 10.7. The number of hydrogen-bond acceptors (Lipinski definition) is 4. The molecule has 0 aliphatic rings. The number of benzene rings is 1. The van der Waals surface area contributed by atoms with Crippen LogP contribution in [0.2, 0.25) is 0 Å². The molecule has 0 heterocycles. The monoisotopic (exact) mass is 320 g/mol. The number of carboxylic acid groups (broad SMARTS) is 1. The lowest BCUT2D eigenvalue weighted by Gasteiger charge is -2.22. The Kier molecular flexibility index (Phi) is 6.41. The topological polar surface area (TPSA) is 124 Å². The van der Waals surface area contributed by atoms with E-state index in [1.54, 1.807) is 45.0 Å². The SMILES string of the molecule is CC(C)(C)OC(=O)N[C@@H](Cc1ccc(CN=[N+]=[N-])cc1)C(=O)O. The van der Waals surface area contributed by atoms with Crippen molar-refractivity contribution in [2.75, 3.05) is 0 Å². The van der Waals surface area contributed by atoms with Crippen molar-refractivity contribution in [3.05, 3.63) is 45.8 Å². The second kappa shape index (κ2) is 8.05. The van der Waals surface area contributed by atoms with E-state index in [0.717, 1.165) is 11.1 Å². The van der Waals surface area contributed by atoms with Gasteiger partial charge in [0.05, 0.1) is 6.54 Å². The summed E-state index contributed by atoms with van der Waals surface area (Å²) in [5.41, 5.74) is 9.12. The molecule has 0 saturated carbocycles. The zero-order valence-corrected chi connectivity index (χ0v) is 13.3. The van der Waals surface area contributed by atoms with Crippen LogP contribution in [0.4, 0.5) is 4.79 Å². The maximum absolute atomic E-state index is 11.7. The maximum atomic E-state index is 11.7. The highest BCUT2D eigenvalue weighted by atomic mass is 16.6. The van der Waals surface area contributed by atoms with E-state index in [4.69, 9.17) is 10.3 Å². The average Bonchev–Trinajstić information content (AvgIpc) is 2.43. The average molecular weight is 320 g/mol. The van der Waals surface area contributed by atoms with Crippen molar-refractivity contribution in [3.63, 3.8) is 0 Å². The van der Waals surface area contributed by atoms with Gasteiger partial charge in [-0.15, -0.1) is 0 Å². The smallest absolute Gasteiger partial charge is 0.408 e. The molecule has 23 heavy (non-hydrogen) atoms. The van der Waals surface area contributed by atoms with Crippen LogP contribution in [-0.2, 0) is 22.5 Å². The molecule has 1 aromatic rings. The summed E-state index contributed by atoms with van der Waals surface area (Å²) >= 11 is 0. The van der Waals surface area contributed by atoms with Gasteiger partial charge in [-0.25, -0.2) is 9.59 Å². The third kappa shape index (κ3) is 7.19. The Balaban J connectivity index is 2.70. The third-order valence-electron chi connectivity index (χ3n) is 2.77. The van der Waals surface area contributed by atoms with Gasteiger partial charge in [-0.1, -0.05) is 29.4 Å². The quantitative estimate of drug-likeness (QED) is 0.474. The highest BCUT2D eigenvalue weighted by Crippen LogP contribution is 2.10. The van der Waals surface area contributed by atoms with Gasteiger partial charge in [-0.2, -0.15) is 0 Å². The molecule has 0 aliphatic heterocycles. The van der Waals surface area contributed by atoms with Crippen molar-refractivity contribution >= 4 is 12.1 Å². The minimum Gasteiger partial charge on any atom is -0.480 e. The molecule has 0 spiro atoms. The number of nitrogens with one attached hydrogen (secondary N) is 1. The Hall–Kier alpha value is -2.73. The molecule has 1 atom stereocenters. The molecule has 8 nitrogen and oxygen atoms in total. The number of alkyl carbamates (subject to hydrolysis) is 1. The van der Waals surface area contributed by atoms with Crippen LogP contribution in [0.3, 0.4) is 0 Å². The van der Waals surface area contributed by atoms with Gasteiger partial charge in [0.1, 0.15) is 11.6 Å². The van der Waals surface area contributed by atoms with Gasteiger partial charge in [-0.05, 0) is 37.4 Å². The van der Waals surface area contributed by atoms with E-state index in [1.807, 2.05) is 0 Å². The largest absolute Gasteiger partial charge is 0.480 e. The third-order valence-corrected chi connectivity index (χ3v) is 2.77. The molecule has 0 fully saturated rings. The predicted molar refractivity (Wildman–Crippen MR) is 83.8 cm³/mol. The number of ether oxygens (including phenoxy) is 1. The number of amides is 1. The van der Waals surface area contributed by atoms with E-state index in [0.29, 0.717) is 0 Å². The molecule has 1 aromatic carbocycles. The van der Waals surface area contributed by atoms with Gasteiger partial charge in [0.15, 0.2) is 0 Å². The van der Waals surface area contributed by atoms with Crippen LogP contribution in [0.1, 0.15) is 31.9 Å².